The molecule has 0 aliphatic heterocycles. The van der Waals surface area contributed by atoms with Gasteiger partial charge < -0.3 is 9.52 Å². The van der Waals surface area contributed by atoms with E-state index < -0.39 is 0 Å². The molecule has 1 heterocycles. The molecule has 0 spiro atoms. The third-order valence-electron chi connectivity index (χ3n) is 4.43. The fraction of sp³-hybridized carbons (Fsp3) is 0. The lowest BCUT2D eigenvalue weighted by atomic mass is 10.1. The number of benzene rings is 4. The van der Waals surface area contributed by atoms with Gasteiger partial charge in [-0.05, 0) is 35.0 Å². The van der Waals surface area contributed by atoms with Crippen molar-refractivity contribution >= 4 is 21.7 Å². The zero-order valence-electron chi connectivity index (χ0n) is 15.1. The lowest BCUT2D eigenvalue weighted by Gasteiger charge is -2.02. The average molecular weight is 366 g/mol. The first-order chi connectivity index (χ1) is 13.7. The number of phenols is 1. The second-order valence-corrected chi connectivity index (χ2v) is 6.37. The molecule has 1 aromatic heterocycles. The van der Waals surface area contributed by atoms with Crippen molar-refractivity contribution in [3.63, 3.8) is 0 Å². The molecular weight excluding hydrogens is 348 g/mol. The van der Waals surface area contributed by atoms with Crippen molar-refractivity contribution in [1.82, 2.24) is 0 Å². The molecule has 4 aromatic carbocycles. The first-order valence-electron chi connectivity index (χ1n) is 8.97. The van der Waals surface area contributed by atoms with Crippen molar-refractivity contribution in [3.8, 4) is 17.1 Å². The molecule has 0 saturated heterocycles. The molecule has 136 valence electrons. The number of hydrogen-bond donors (Lipinski definition) is 1. The van der Waals surface area contributed by atoms with Crippen LogP contribution in [0.4, 0.5) is 0 Å². The van der Waals surface area contributed by atoms with Gasteiger partial charge in [-0.2, -0.15) is 0 Å². The molecule has 0 unspecified atom stereocenters. The highest BCUT2D eigenvalue weighted by Crippen LogP contribution is 2.21. The number of hydrogen-bond acceptors (Lipinski definition) is 3. The van der Waals surface area contributed by atoms with Crippen LogP contribution in [0.3, 0.4) is 0 Å². The minimum atomic E-state index is -0.00861. The molecule has 3 nitrogen and oxygen atoms in total. The van der Waals surface area contributed by atoms with E-state index in [4.69, 9.17) is 9.52 Å². The molecule has 0 radical (unpaired) electrons. The second-order valence-electron chi connectivity index (χ2n) is 6.37. The Kier molecular flexibility index (Phi) is 4.89. The van der Waals surface area contributed by atoms with Gasteiger partial charge in [0.25, 0.3) is 0 Å². The summed E-state index contributed by atoms with van der Waals surface area (Å²) in [7, 11) is 0. The van der Waals surface area contributed by atoms with E-state index in [0.717, 1.165) is 16.3 Å². The minimum Gasteiger partial charge on any atom is -0.508 e. The van der Waals surface area contributed by atoms with Crippen LogP contribution in [-0.4, -0.2) is 5.11 Å². The number of aromatic hydroxyl groups is 1. The lowest BCUT2D eigenvalue weighted by Crippen LogP contribution is -1.99. The predicted molar refractivity (Wildman–Crippen MR) is 114 cm³/mol. The smallest absolute Gasteiger partial charge is 0.193 e. The molecule has 0 aliphatic carbocycles. The van der Waals surface area contributed by atoms with Gasteiger partial charge in [-0.25, -0.2) is 0 Å². The maximum Gasteiger partial charge on any atom is 0.193 e. The van der Waals surface area contributed by atoms with Crippen molar-refractivity contribution < 1.29 is 9.52 Å². The van der Waals surface area contributed by atoms with E-state index in [9.17, 15) is 4.79 Å². The van der Waals surface area contributed by atoms with E-state index in [1.807, 2.05) is 78.9 Å². The van der Waals surface area contributed by atoms with E-state index in [0.29, 0.717) is 22.5 Å². The number of rotatable bonds is 1. The third-order valence-corrected chi connectivity index (χ3v) is 4.43. The van der Waals surface area contributed by atoms with Crippen LogP contribution in [0, 0.1) is 0 Å². The Morgan fingerprint density at radius 2 is 1.32 bits per heavy atom. The Bertz CT molecular complexity index is 1290. The third kappa shape index (κ3) is 3.79. The monoisotopic (exact) mass is 366 g/mol. The van der Waals surface area contributed by atoms with E-state index >= 15 is 0 Å². The summed E-state index contributed by atoms with van der Waals surface area (Å²) in [6, 6.07) is 31.8. The van der Waals surface area contributed by atoms with Gasteiger partial charge in [0, 0.05) is 11.6 Å². The highest BCUT2D eigenvalue weighted by Gasteiger charge is 2.05. The molecular formula is C25H18O3. The number of phenolic OH excluding ortho intramolecular Hbond substituents is 1. The fourth-order valence-corrected chi connectivity index (χ4v) is 3.03. The van der Waals surface area contributed by atoms with Crippen LogP contribution in [0.25, 0.3) is 33.1 Å². The van der Waals surface area contributed by atoms with E-state index in [1.54, 1.807) is 18.2 Å². The summed E-state index contributed by atoms with van der Waals surface area (Å²) in [6.07, 6.45) is 0. The molecule has 3 heteroatoms. The SMILES string of the molecule is O=c1cc(-c2ccccc2)oc2ccccc12.Oc1ccc2ccccc2c1. The first-order valence-corrected chi connectivity index (χ1v) is 8.97. The van der Waals surface area contributed by atoms with Crippen LogP contribution in [-0.2, 0) is 0 Å². The Balaban J connectivity index is 0.000000151. The van der Waals surface area contributed by atoms with Gasteiger partial charge in [-0.15, -0.1) is 0 Å². The zero-order chi connectivity index (χ0) is 19.3. The van der Waals surface area contributed by atoms with Crippen LogP contribution in [0.2, 0.25) is 0 Å². The van der Waals surface area contributed by atoms with Crippen molar-refractivity contribution in [2.45, 2.75) is 0 Å². The molecule has 28 heavy (non-hydrogen) atoms. The van der Waals surface area contributed by atoms with Gasteiger partial charge in [0.15, 0.2) is 5.43 Å². The molecule has 0 bridgehead atoms. The molecule has 0 fully saturated rings. The Morgan fingerprint density at radius 3 is 2.14 bits per heavy atom. The maximum atomic E-state index is 11.9. The van der Waals surface area contributed by atoms with Crippen molar-refractivity contribution in [2.24, 2.45) is 0 Å². The number of para-hydroxylation sites is 1. The van der Waals surface area contributed by atoms with Crippen molar-refractivity contribution in [2.75, 3.05) is 0 Å². The molecule has 0 amide bonds. The summed E-state index contributed by atoms with van der Waals surface area (Å²) in [5, 5.41) is 12.0. The quantitative estimate of drug-likeness (QED) is 0.395. The van der Waals surface area contributed by atoms with Crippen LogP contribution in [0.5, 0.6) is 5.75 Å². The largest absolute Gasteiger partial charge is 0.508 e. The van der Waals surface area contributed by atoms with E-state index in [1.165, 1.54) is 6.07 Å². The maximum absolute atomic E-state index is 11.9. The highest BCUT2D eigenvalue weighted by atomic mass is 16.3. The standard InChI is InChI=1S/C15H10O2.C10H8O/c16-13-10-15(11-6-2-1-3-7-11)17-14-9-5-4-8-12(13)14;11-10-6-5-8-3-1-2-4-9(8)7-10/h1-10H;1-7,11H. The second kappa shape index (κ2) is 7.80. The van der Waals surface area contributed by atoms with Gasteiger partial charge in [0.05, 0.1) is 5.39 Å². The molecule has 0 saturated carbocycles. The fourth-order valence-electron chi connectivity index (χ4n) is 3.03. The summed E-state index contributed by atoms with van der Waals surface area (Å²) in [5.74, 6) is 0.929. The lowest BCUT2D eigenvalue weighted by molar-refractivity contribution is 0.476. The van der Waals surface area contributed by atoms with Crippen LogP contribution < -0.4 is 5.43 Å². The van der Waals surface area contributed by atoms with Crippen LogP contribution >= 0.6 is 0 Å². The van der Waals surface area contributed by atoms with Gasteiger partial charge in [-0.1, -0.05) is 72.8 Å². The van der Waals surface area contributed by atoms with E-state index in [2.05, 4.69) is 0 Å². The van der Waals surface area contributed by atoms with Gasteiger partial charge in [0.2, 0.25) is 0 Å². The van der Waals surface area contributed by atoms with Gasteiger partial charge in [0.1, 0.15) is 17.1 Å². The Labute approximate surface area is 162 Å². The predicted octanol–water partition coefficient (Wildman–Crippen LogP) is 6.01. The molecule has 1 N–H and O–H groups in total. The summed E-state index contributed by atoms with van der Waals surface area (Å²) in [4.78, 5) is 11.9. The first kappa shape index (κ1) is 17.6. The normalized spacial score (nSPS) is 10.4. The Morgan fingerprint density at radius 1 is 0.643 bits per heavy atom. The molecule has 0 aliphatic rings. The highest BCUT2D eigenvalue weighted by molar-refractivity contribution is 5.83. The van der Waals surface area contributed by atoms with Gasteiger partial charge in [-0.3, -0.25) is 4.79 Å². The number of fused-ring (bicyclic) bond motifs is 2. The van der Waals surface area contributed by atoms with Crippen LogP contribution in [0.1, 0.15) is 0 Å². The molecule has 0 atom stereocenters. The van der Waals surface area contributed by atoms with Crippen LogP contribution in [0.15, 0.2) is 112 Å². The van der Waals surface area contributed by atoms with E-state index in [-0.39, 0.29) is 5.43 Å². The summed E-state index contributed by atoms with van der Waals surface area (Å²) < 4.78 is 5.73. The molecule has 5 aromatic rings. The summed E-state index contributed by atoms with van der Waals surface area (Å²) in [6.45, 7) is 0. The summed E-state index contributed by atoms with van der Waals surface area (Å²) >= 11 is 0. The van der Waals surface area contributed by atoms with Crippen molar-refractivity contribution in [3.05, 3.63) is 113 Å². The minimum absolute atomic E-state index is 0.00861. The Hall–Kier alpha value is -3.85. The average Bonchev–Trinajstić information content (AvgIpc) is 2.75. The van der Waals surface area contributed by atoms with Gasteiger partial charge >= 0.3 is 0 Å². The summed E-state index contributed by atoms with van der Waals surface area (Å²) in [5.41, 5.74) is 1.53. The zero-order valence-corrected chi connectivity index (χ0v) is 15.1. The topological polar surface area (TPSA) is 50.4 Å². The van der Waals surface area contributed by atoms with Crippen molar-refractivity contribution in [1.29, 1.82) is 0 Å². The molecule has 5 rings (SSSR count).